The summed E-state index contributed by atoms with van der Waals surface area (Å²) in [5.41, 5.74) is 7.45. The van der Waals surface area contributed by atoms with Crippen molar-refractivity contribution in [3.8, 4) is 0 Å². The quantitative estimate of drug-likeness (QED) is 0.672. The number of amides is 1. The predicted octanol–water partition coefficient (Wildman–Crippen LogP) is 2.07. The second-order valence-corrected chi connectivity index (χ2v) is 6.87. The first-order valence-corrected chi connectivity index (χ1v) is 8.81. The maximum absolute atomic E-state index is 12.8. The third-order valence-electron chi connectivity index (χ3n) is 4.01. The fraction of sp³-hybridized carbons (Fsp3) is 0.562. The molecule has 0 bridgehead atoms. The van der Waals surface area contributed by atoms with E-state index in [1.165, 1.54) is 12.1 Å². The molecule has 1 aromatic rings. The van der Waals surface area contributed by atoms with Crippen LogP contribution in [0.2, 0.25) is 0 Å². The number of rotatable bonds is 7. The second kappa shape index (κ2) is 8.50. The van der Waals surface area contributed by atoms with Gasteiger partial charge < -0.3 is 5.32 Å². The van der Waals surface area contributed by atoms with Crippen LogP contribution in [0.5, 0.6) is 0 Å². The highest BCUT2D eigenvalue weighted by atomic mass is 32.2. The van der Waals surface area contributed by atoms with E-state index >= 15 is 0 Å². The zero-order valence-corrected chi connectivity index (χ0v) is 13.9. The smallest absolute Gasteiger partial charge is 0.220 e. The van der Waals surface area contributed by atoms with Gasteiger partial charge in [0.25, 0.3) is 0 Å². The number of hydrazine groups is 1. The number of halogens is 1. The number of benzene rings is 1. The first-order valence-electron chi connectivity index (χ1n) is 7.66. The van der Waals surface area contributed by atoms with Crippen molar-refractivity contribution < 1.29 is 9.18 Å². The Morgan fingerprint density at radius 1 is 1.23 bits per heavy atom. The molecule has 0 spiro atoms. The van der Waals surface area contributed by atoms with Gasteiger partial charge in [-0.1, -0.05) is 12.1 Å². The van der Waals surface area contributed by atoms with Gasteiger partial charge in [0.05, 0.1) is 0 Å². The lowest BCUT2D eigenvalue weighted by molar-refractivity contribution is -0.120. The highest BCUT2D eigenvalue weighted by Crippen LogP contribution is 2.15. The van der Waals surface area contributed by atoms with E-state index in [0.717, 1.165) is 17.1 Å². The van der Waals surface area contributed by atoms with Gasteiger partial charge in [-0.3, -0.25) is 15.6 Å². The minimum atomic E-state index is -0.215. The van der Waals surface area contributed by atoms with Crippen LogP contribution in [0.1, 0.15) is 25.8 Å². The van der Waals surface area contributed by atoms with Crippen molar-refractivity contribution in [2.24, 2.45) is 5.92 Å². The van der Waals surface area contributed by atoms with Crippen LogP contribution in [-0.2, 0) is 10.5 Å². The molecular formula is C16H24FN3OS. The average Bonchev–Trinajstić information content (AvgIpc) is 2.82. The summed E-state index contributed by atoms with van der Waals surface area (Å²) >= 11 is 1.69. The van der Waals surface area contributed by atoms with Gasteiger partial charge >= 0.3 is 0 Å². The molecule has 1 aromatic carbocycles. The van der Waals surface area contributed by atoms with Gasteiger partial charge in [-0.05, 0) is 31.5 Å². The fourth-order valence-electron chi connectivity index (χ4n) is 2.52. The number of hydrogen-bond acceptors (Lipinski definition) is 4. The number of thioether (sulfide) groups is 1. The molecule has 2 atom stereocenters. The Balaban J connectivity index is 1.59. The van der Waals surface area contributed by atoms with Gasteiger partial charge in [-0.2, -0.15) is 11.8 Å². The fourth-order valence-corrected chi connectivity index (χ4v) is 3.42. The molecule has 1 heterocycles. The molecule has 122 valence electrons. The van der Waals surface area contributed by atoms with E-state index in [2.05, 4.69) is 30.0 Å². The van der Waals surface area contributed by atoms with E-state index in [1.54, 1.807) is 23.9 Å². The minimum absolute atomic E-state index is 0.0953. The lowest BCUT2D eigenvalue weighted by Crippen LogP contribution is -2.37. The lowest BCUT2D eigenvalue weighted by Gasteiger charge is -2.18. The maximum atomic E-state index is 12.8. The van der Waals surface area contributed by atoms with E-state index in [-0.39, 0.29) is 11.7 Å². The molecule has 1 aliphatic rings. The monoisotopic (exact) mass is 325 g/mol. The third-order valence-corrected chi connectivity index (χ3v) is 5.04. The third kappa shape index (κ3) is 5.26. The van der Waals surface area contributed by atoms with Crippen molar-refractivity contribution in [2.75, 3.05) is 12.3 Å². The van der Waals surface area contributed by atoms with E-state index in [9.17, 15) is 9.18 Å². The highest BCUT2D eigenvalue weighted by Gasteiger charge is 2.29. The summed E-state index contributed by atoms with van der Waals surface area (Å²) in [6.07, 6.45) is 0.516. The molecule has 22 heavy (non-hydrogen) atoms. The van der Waals surface area contributed by atoms with Crippen molar-refractivity contribution in [3.05, 3.63) is 35.6 Å². The second-order valence-electron chi connectivity index (χ2n) is 5.76. The zero-order valence-electron chi connectivity index (χ0n) is 13.1. The molecule has 6 heteroatoms. The molecule has 0 aromatic heterocycles. The topological polar surface area (TPSA) is 53.2 Å². The number of carbonyl (C=O) groups is 1. The van der Waals surface area contributed by atoms with E-state index in [0.29, 0.717) is 31.0 Å². The lowest BCUT2D eigenvalue weighted by atomic mass is 9.97. The summed E-state index contributed by atoms with van der Waals surface area (Å²) in [5, 5.41) is 3.01. The molecule has 1 aliphatic heterocycles. The Labute approximate surface area is 135 Å². The van der Waals surface area contributed by atoms with E-state index in [4.69, 9.17) is 0 Å². The van der Waals surface area contributed by atoms with Crippen LogP contribution in [0.15, 0.2) is 24.3 Å². The van der Waals surface area contributed by atoms with Crippen molar-refractivity contribution in [1.29, 1.82) is 0 Å². The molecule has 4 nitrogen and oxygen atoms in total. The summed E-state index contributed by atoms with van der Waals surface area (Å²) in [6.45, 7) is 4.93. The SMILES string of the molecule is CC1NNC(C)C1CNC(=O)CCSCc1ccc(F)cc1. The molecule has 2 unspecified atom stereocenters. The van der Waals surface area contributed by atoms with Crippen molar-refractivity contribution in [3.63, 3.8) is 0 Å². The largest absolute Gasteiger partial charge is 0.356 e. The number of nitrogens with one attached hydrogen (secondary N) is 3. The standard InChI is InChI=1S/C16H24FN3OS/c1-11-15(12(2)20-19-11)9-18-16(21)7-8-22-10-13-3-5-14(17)6-4-13/h3-6,11-12,15,19-20H,7-10H2,1-2H3,(H,18,21). The molecule has 0 aliphatic carbocycles. The summed E-state index contributed by atoms with van der Waals surface area (Å²) in [4.78, 5) is 11.9. The van der Waals surface area contributed by atoms with Crippen LogP contribution in [-0.4, -0.2) is 30.3 Å². The first kappa shape index (κ1) is 17.2. The highest BCUT2D eigenvalue weighted by molar-refractivity contribution is 7.98. The van der Waals surface area contributed by atoms with Crippen LogP contribution >= 0.6 is 11.8 Å². The van der Waals surface area contributed by atoms with Gasteiger partial charge in [-0.25, -0.2) is 4.39 Å². The first-order chi connectivity index (χ1) is 10.6. The van der Waals surface area contributed by atoms with Gasteiger partial charge in [0, 0.05) is 42.5 Å². The molecule has 3 N–H and O–H groups in total. The molecule has 1 amide bonds. The maximum Gasteiger partial charge on any atom is 0.220 e. The van der Waals surface area contributed by atoms with Crippen LogP contribution in [0.4, 0.5) is 4.39 Å². The average molecular weight is 325 g/mol. The molecule has 2 rings (SSSR count). The summed E-state index contributed by atoms with van der Waals surface area (Å²) in [5.74, 6) is 1.87. The van der Waals surface area contributed by atoms with Crippen LogP contribution in [0, 0.1) is 11.7 Å². The Morgan fingerprint density at radius 2 is 1.86 bits per heavy atom. The molecule has 0 saturated carbocycles. The minimum Gasteiger partial charge on any atom is -0.356 e. The summed E-state index contributed by atoms with van der Waals surface area (Å²) < 4.78 is 12.8. The number of carbonyl (C=O) groups excluding carboxylic acids is 1. The molecule has 0 radical (unpaired) electrons. The normalized spacial score (nSPS) is 24.4. The molecule has 1 saturated heterocycles. The Bertz CT molecular complexity index is 473. The molecular weight excluding hydrogens is 301 g/mol. The van der Waals surface area contributed by atoms with E-state index < -0.39 is 0 Å². The summed E-state index contributed by atoms with van der Waals surface area (Å²) in [7, 11) is 0. The summed E-state index contributed by atoms with van der Waals surface area (Å²) in [6, 6.07) is 7.23. The predicted molar refractivity (Wildman–Crippen MR) is 88.9 cm³/mol. The van der Waals surface area contributed by atoms with Crippen LogP contribution in [0.3, 0.4) is 0 Å². The molecule has 1 fully saturated rings. The van der Waals surface area contributed by atoms with Crippen molar-refractivity contribution >= 4 is 17.7 Å². The zero-order chi connectivity index (χ0) is 15.9. The Morgan fingerprint density at radius 3 is 2.50 bits per heavy atom. The number of hydrogen-bond donors (Lipinski definition) is 3. The van der Waals surface area contributed by atoms with Gasteiger partial charge in [-0.15, -0.1) is 0 Å². The van der Waals surface area contributed by atoms with Crippen LogP contribution in [0.25, 0.3) is 0 Å². The van der Waals surface area contributed by atoms with Crippen molar-refractivity contribution in [2.45, 2.75) is 38.1 Å². The van der Waals surface area contributed by atoms with Crippen LogP contribution < -0.4 is 16.2 Å². The van der Waals surface area contributed by atoms with Gasteiger partial charge in [0.15, 0.2) is 0 Å². The van der Waals surface area contributed by atoms with E-state index in [1.807, 2.05) is 0 Å². The van der Waals surface area contributed by atoms with Gasteiger partial charge in [0.1, 0.15) is 5.82 Å². The van der Waals surface area contributed by atoms with Crippen molar-refractivity contribution in [1.82, 2.24) is 16.2 Å². The Kier molecular flexibility index (Phi) is 6.67. The van der Waals surface area contributed by atoms with Gasteiger partial charge in [0.2, 0.25) is 5.91 Å². The Hall–Kier alpha value is -1.11.